The van der Waals surface area contributed by atoms with E-state index >= 15 is 0 Å². The van der Waals surface area contributed by atoms with Crippen molar-refractivity contribution in [2.75, 3.05) is 26.7 Å². The largest absolute Gasteiger partial charge is 0.300 e. The van der Waals surface area contributed by atoms with Crippen molar-refractivity contribution < 1.29 is 17.2 Å². The zero-order valence-electron chi connectivity index (χ0n) is 15.6. The molecule has 0 saturated carbocycles. The fourth-order valence-corrected chi connectivity index (χ4v) is 5.40. The first-order valence-corrected chi connectivity index (χ1v) is 10.2. The maximum absolute atomic E-state index is 13.5. The second kappa shape index (κ2) is 7.65. The molecule has 0 amide bonds. The SMILES string of the molecule is Cc1nn(C)c(S(=O)(=O)N2CCN(C)C(Cc3ccccc3)C2)c1C(F)F. The first-order chi connectivity index (χ1) is 12.7. The number of hydrogen-bond acceptors (Lipinski definition) is 4. The Morgan fingerprint density at radius 1 is 1.19 bits per heavy atom. The summed E-state index contributed by atoms with van der Waals surface area (Å²) in [6, 6.07) is 9.79. The van der Waals surface area contributed by atoms with Gasteiger partial charge in [0.05, 0.1) is 11.3 Å². The van der Waals surface area contributed by atoms with E-state index in [1.54, 1.807) is 0 Å². The predicted molar refractivity (Wildman–Crippen MR) is 98.2 cm³/mol. The maximum atomic E-state index is 13.5. The smallest absolute Gasteiger partial charge is 0.268 e. The average Bonchev–Trinajstić information content (AvgIpc) is 2.92. The Kier molecular flexibility index (Phi) is 5.64. The third kappa shape index (κ3) is 3.90. The van der Waals surface area contributed by atoms with E-state index in [9.17, 15) is 17.2 Å². The summed E-state index contributed by atoms with van der Waals surface area (Å²) in [4.78, 5) is 2.11. The molecule has 1 aliphatic rings. The summed E-state index contributed by atoms with van der Waals surface area (Å²) >= 11 is 0. The lowest BCUT2D eigenvalue weighted by Crippen LogP contribution is -2.54. The zero-order valence-corrected chi connectivity index (χ0v) is 16.5. The van der Waals surface area contributed by atoms with Gasteiger partial charge in [-0.1, -0.05) is 30.3 Å². The standard InChI is InChI=1S/C18H24F2N4O2S/c1-13-16(17(19)20)18(23(3)21-13)27(25,26)24-10-9-22(2)15(12-24)11-14-7-5-4-6-8-14/h4-8,15,17H,9-12H2,1-3H3. The number of likely N-dealkylation sites (N-methyl/N-ethyl adjacent to an activating group) is 1. The highest BCUT2D eigenvalue weighted by Crippen LogP contribution is 2.32. The molecule has 0 aliphatic carbocycles. The van der Waals surface area contributed by atoms with Gasteiger partial charge in [-0.2, -0.15) is 9.40 Å². The molecule has 3 rings (SSSR count). The molecule has 1 unspecified atom stereocenters. The van der Waals surface area contributed by atoms with Crippen LogP contribution in [0.3, 0.4) is 0 Å². The van der Waals surface area contributed by atoms with E-state index in [1.165, 1.54) is 18.3 Å². The molecule has 1 atom stereocenters. The van der Waals surface area contributed by atoms with E-state index in [1.807, 2.05) is 37.4 Å². The van der Waals surface area contributed by atoms with Gasteiger partial charge < -0.3 is 4.90 Å². The van der Waals surface area contributed by atoms with E-state index < -0.39 is 27.0 Å². The second-order valence-corrected chi connectivity index (χ2v) is 8.77. The van der Waals surface area contributed by atoms with Crippen molar-refractivity contribution >= 4 is 10.0 Å². The van der Waals surface area contributed by atoms with Gasteiger partial charge >= 0.3 is 0 Å². The molecular formula is C18H24F2N4O2S. The quantitative estimate of drug-likeness (QED) is 0.775. The predicted octanol–water partition coefficient (Wildman–Crippen LogP) is 2.21. The monoisotopic (exact) mass is 398 g/mol. The lowest BCUT2D eigenvalue weighted by molar-refractivity contribution is 0.141. The van der Waals surface area contributed by atoms with Crippen LogP contribution in [0.25, 0.3) is 0 Å². The minimum Gasteiger partial charge on any atom is -0.300 e. The van der Waals surface area contributed by atoms with Gasteiger partial charge in [0.25, 0.3) is 16.4 Å². The molecule has 1 aromatic heterocycles. The van der Waals surface area contributed by atoms with Crippen molar-refractivity contribution in [1.29, 1.82) is 0 Å². The number of hydrogen-bond donors (Lipinski definition) is 0. The fourth-order valence-electron chi connectivity index (χ4n) is 3.58. The number of alkyl halides is 2. The third-order valence-corrected chi connectivity index (χ3v) is 7.05. The molecule has 2 heterocycles. The van der Waals surface area contributed by atoms with Crippen LogP contribution in [0, 0.1) is 6.92 Å². The van der Waals surface area contributed by atoms with Crippen LogP contribution in [0.15, 0.2) is 35.4 Å². The van der Waals surface area contributed by atoms with Gasteiger partial charge in [0.2, 0.25) is 0 Å². The molecule has 0 N–H and O–H groups in total. The Morgan fingerprint density at radius 3 is 2.48 bits per heavy atom. The van der Waals surface area contributed by atoms with Crippen LogP contribution < -0.4 is 0 Å². The number of piperazine rings is 1. The van der Waals surface area contributed by atoms with Crippen molar-refractivity contribution in [3.63, 3.8) is 0 Å². The number of benzene rings is 1. The van der Waals surface area contributed by atoms with Gasteiger partial charge in [0, 0.05) is 32.7 Å². The Bertz CT molecular complexity index is 900. The van der Waals surface area contributed by atoms with Crippen molar-refractivity contribution in [2.45, 2.75) is 30.8 Å². The van der Waals surface area contributed by atoms with Crippen LogP contribution in [-0.4, -0.2) is 60.1 Å². The molecule has 0 spiro atoms. The Balaban J connectivity index is 1.89. The molecule has 1 saturated heterocycles. The van der Waals surface area contributed by atoms with Gasteiger partial charge in [-0.3, -0.25) is 4.68 Å². The van der Waals surface area contributed by atoms with Crippen LogP contribution in [0.1, 0.15) is 23.2 Å². The van der Waals surface area contributed by atoms with E-state index in [2.05, 4.69) is 10.00 Å². The van der Waals surface area contributed by atoms with E-state index in [-0.39, 0.29) is 24.8 Å². The van der Waals surface area contributed by atoms with E-state index in [0.717, 1.165) is 10.2 Å². The highest BCUT2D eigenvalue weighted by Gasteiger charge is 2.38. The zero-order chi connectivity index (χ0) is 19.8. The van der Waals surface area contributed by atoms with Crippen molar-refractivity contribution in [1.82, 2.24) is 19.0 Å². The van der Waals surface area contributed by atoms with Crippen molar-refractivity contribution in [3.05, 3.63) is 47.2 Å². The number of nitrogens with zero attached hydrogens (tertiary/aromatic N) is 4. The molecule has 0 radical (unpaired) electrons. The number of aromatic nitrogens is 2. The molecule has 6 nitrogen and oxygen atoms in total. The molecule has 2 aromatic rings. The second-order valence-electron chi connectivity index (χ2n) is 6.92. The lowest BCUT2D eigenvalue weighted by Gasteiger charge is -2.38. The maximum Gasteiger partial charge on any atom is 0.268 e. The normalized spacial score (nSPS) is 19.7. The Hall–Kier alpha value is -1.84. The number of sulfonamides is 1. The first kappa shape index (κ1) is 19.9. The Labute approximate surface area is 158 Å². The molecule has 9 heteroatoms. The summed E-state index contributed by atoms with van der Waals surface area (Å²) in [7, 11) is -0.722. The van der Waals surface area contributed by atoms with Gasteiger partial charge in [0.15, 0.2) is 5.03 Å². The van der Waals surface area contributed by atoms with Crippen molar-refractivity contribution in [2.24, 2.45) is 7.05 Å². The average molecular weight is 398 g/mol. The van der Waals surface area contributed by atoms with Gasteiger partial charge in [0.1, 0.15) is 0 Å². The molecule has 1 aromatic carbocycles. The van der Waals surface area contributed by atoms with Crippen LogP contribution in [0.5, 0.6) is 0 Å². The van der Waals surface area contributed by atoms with Gasteiger partial charge in [-0.25, -0.2) is 17.2 Å². The van der Waals surface area contributed by atoms with Crippen LogP contribution in [0.4, 0.5) is 8.78 Å². The third-order valence-electron chi connectivity index (χ3n) is 5.07. The van der Waals surface area contributed by atoms with Crippen LogP contribution in [0.2, 0.25) is 0 Å². The lowest BCUT2D eigenvalue weighted by atomic mass is 10.0. The molecule has 27 heavy (non-hydrogen) atoms. The molecular weight excluding hydrogens is 374 g/mol. The fraction of sp³-hybridized carbons (Fsp3) is 0.500. The minimum atomic E-state index is -4.07. The van der Waals surface area contributed by atoms with Gasteiger partial charge in [-0.15, -0.1) is 0 Å². The van der Waals surface area contributed by atoms with Gasteiger partial charge in [-0.05, 0) is 26.0 Å². The highest BCUT2D eigenvalue weighted by atomic mass is 32.2. The van der Waals surface area contributed by atoms with Crippen molar-refractivity contribution in [3.8, 4) is 0 Å². The van der Waals surface area contributed by atoms with E-state index in [4.69, 9.17) is 0 Å². The number of halogens is 2. The molecule has 0 bridgehead atoms. The minimum absolute atomic E-state index is 0.0275. The molecule has 1 fully saturated rings. The number of aryl methyl sites for hydroxylation is 2. The first-order valence-electron chi connectivity index (χ1n) is 8.77. The summed E-state index contributed by atoms with van der Waals surface area (Å²) in [6.07, 6.45) is -2.20. The van der Waals surface area contributed by atoms with E-state index in [0.29, 0.717) is 13.0 Å². The Morgan fingerprint density at radius 2 is 1.85 bits per heavy atom. The summed E-state index contributed by atoms with van der Waals surface area (Å²) < 4.78 is 55.7. The summed E-state index contributed by atoms with van der Waals surface area (Å²) in [5, 5.41) is 3.51. The summed E-state index contributed by atoms with van der Waals surface area (Å²) in [5.74, 6) is 0. The highest BCUT2D eigenvalue weighted by molar-refractivity contribution is 7.89. The topological polar surface area (TPSA) is 58.4 Å². The molecule has 148 valence electrons. The van der Waals surface area contributed by atoms with Crippen LogP contribution >= 0.6 is 0 Å². The van der Waals surface area contributed by atoms with Crippen LogP contribution in [-0.2, 0) is 23.5 Å². The summed E-state index contributed by atoms with van der Waals surface area (Å²) in [6.45, 7) is 2.46. The summed E-state index contributed by atoms with van der Waals surface area (Å²) in [5.41, 5.74) is 0.648. The number of rotatable bonds is 5. The molecule has 1 aliphatic heterocycles.